The molecule has 0 bridgehead atoms. The van der Waals surface area contributed by atoms with Crippen LogP contribution in [0.5, 0.6) is 0 Å². The molecule has 1 aromatic carbocycles. The van der Waals surface area contributed by atoms with Crippen LogP contribution in [0.4, 0.5) is 4.39 Å². The van der Waals surface area contributed by atoms with Crippen molar-refractivity contribution in [3.63, 3.8) is 0 Å². The first-order chi connectivity index (χ1) is 12.0. The Kier molecular flexibility index (Phi) is 7.96. The van der Waals surface area contributed by atoms with Gasteiger partial charge >= 0.3 is 5.97 Å². The third-order valence-corrected chi connectivity index (χ3v) is 9.31. The molecular weight excluding hydrogens is 353 g/mol. The van der Waals surface area contributed by atoms with Gasteiger partial charge in [-0.25, -0.2) is 9.18 Å². The van der Waals surface area contributed by atoms with Gasteiger partial charge in [0.15, 0.2) is 8.32 Å². The number of ether oxygens (including phenoxy) is 1. The van der Waals surface area contributed by atoms with Gasteiger partial charge in [-0.2, -0.15) is 0 Å². The van der Waals surface area contributed by atoms with E-state index in [0.717, 1.165) is 0 Å². The summed E-state index contributed by atoms with van der Waals surface area (Å²) in [6.45, 7) is 11.1. The van der Waals surface area contributed by atoms with E-state index in [1.165, 1.54) is 19.2 Å². The fourth-order valence-electron chi connectivity index (χ4n) is 2.07. The van der Waals surface area contributed by atoms with Crippen molar-refractivity contribution in [3.05, 3.63) is 35.6 Å². The lowest BCUT2D eigenvalue weighted by Crippen LogP contribution is -2.45. The lowest BCUT2D eigenvalue weighted by atomic mass is 10.1. The van der Waals surface area contributed by atoms with Crippen LogP contribution in [0, 0.1) is 5.82 Å². The van der Waals surface area contributed by atoms with E-state index in [-0.39, 0.29) is 23.2 Å². The molecule has 0 radical (unpaired) electrons. The molecule has 0 unspecified atom stereocenters. The molecule has 0 heterocycles. The molecule has 0 saturated heterocycles. The highest BCUT2D eigenvalue weighted by molar-refractivity contribution is 6.74. The molecule has 0 aliphatic heterocycles. The van der Waals surface area contributed by atoms with Crippen molar-refractivity contribution in [1.82, 2.24) is 5.32 Å². The molecule has 1 atom stereocenters. The second kappa shape index (κ2) is 9.28. The Morgan fingerprint density at radius 3 is 2.27 bits per heavy atom. The van der Waals surface area contributed by atoms with Crippen LogP contribution >= 0.6 is 0 Å². The lowest BCUT2D eigenvalue weighted by molar-refractivity contribution is -0.145. The first-order valence-electron chi connectivity index (χ1n) is 8.72. The second-order valence-electron chi connectivity index (χ2n) is 7.84. The Bertz CT molecular complexity index is 611. The molecule has 26 heavy (non-hydrogen) atoms. The molecule has 1 N–H and O–H groups in total. The summed E-state index contributed by atoms with van der Waals surface area (Å²) >= 11 is 0. The van der Waals surface area contributed by atoms with Gasteiger partial charge in [-0.05, 0) is 35.8 Å². The number of methoxy groups -OCH3 is 1. The second-order valence-corrected chi connectivity index (χ2v) is 12.7. The first-order valence-corrected chi connectivity index (χ1v) is 11.6. The van der Waals surface area contributed by atoms with Gasteiger partial charge in [-0.3, -0.25) is 4.79 Å². The summed E-state index contributed by atoms with van der Waals surface area (Å²) < 4.78 is 23.8. The number of benzene rings is 1. The van der Waals surface area contributed by atoms with Crippen LogP contribution in [0.3, 0.4) is 0 Å². The van der Waals surface area contributed by atoms with Crippen molar-refractivity contribution in [3.8, 4) is 0 Å². The number of nitrogens with one attached hydrogen (secondary N) is 1. The maximum absolute atomic E-state index is 12.9. The van der Waals surface area contributed by atoms with Crippen LogP contribution in [0.15, 0.2) is 24.3 Å². The van der Waals surface area contributed by atoms with Gasteiger partial charge in [0.25, 0.3) is 0 Å². The molecule has 5 nitrogen and oxygen atoms in total. The van der Waals surface area contributed by atoms with Gasteiger partial charge in [0.2, 0.25) is 5.91 Å². The number of hydrogen-bond acceptors (Lipinski definition) is 4. The molecule has 0 spiro atoms. The summed E-state index contributed by atoms with van der Waals surface area (Å²) in [7, 11) is -0.635. The highest BCUT2D eigenvalue weighted by atomic mass is 28.4. The lowest BCUT2D eigenvalue weighted by Gasteiger charge is -2.36. The summed E-state index contributed by atoms with van der Waals surface area (Å²) in [4.78, 5) is 24.2. The van der Waals surface area contributed by atoms with Crippen molar-refractivity contribution < 1.29 is 23.1 Å². The predicted octanol–water partition coefficient (Wildman–Crippen LogP) is 3.44. The average molecular weight is 384 g/mol. The summed E-state index contributed by atoms with van der Waals surface area (Å²) in [6.07, 6.45) is 0.408. The van der Waals surface area contributed by atoms with Gasteiger partial charge in [0.1, 0.15) is 11.9 Å². The van der Waals surface area contributed by atoms with E-state index in [1.54, 1.807) is 12.1 Å². The number of halogens is 1. The normalized spacial score (nSPS) is 13.2. The quantitative estimate of drug-likeness (QED) is 0.552. The van der Waals surface area contributed by atoms with Crippen LogP contribution < -0.4 is 5.32 Å². The number of hydrogen-bond donors (Lipinski definition) is 1. The predicted molar refractivity (Wildman–Crippen MR) is 102 cm³/mol. The van der Waals surface area contributed by atoms with Crippen LogP contribution in [-0.4, -0.2) is 40.0 Å². The molecule has 7 heteroatoms. The van der Waals surface area contributed by atoms with E-state index in [1.807, 2.05) is 0 Å². The third-order valence-electron chi connectivity index (χ3n) is 4.77. The zero-order valence-electron chi connectivity index (χ0n) is 16.5. The molecule has 0 fully saturated rings. The van der Waals surface area contributed by atoms with Crippen molar-refractivity contribution in [2.75, 3.05) is 13.7 Å². The fraction of sp³-hybridized carbons (Fsp3) is 0.579. The minimum atomic E-state index is -1.92. The van der Waals surface area contributed by atoms with Crippen LogP contribution in [0.25, 0.3) is 0 Å². The number of carbonyl (C=O) groups excluding carboxylic acids is 2. The summed E-state index contributed by atoms with van der Waals surface area (Å²) in [5.41, 5.74) is 0.671. The Labute approximate surface area is 156 Å². The summed E-state index contributed by atoms with van der Waals surface area (Å²) in [5.74, 6) is -1.18. The summed E-state index contributed by atoms with van der Waals surface area (Å²) in [5, 5.41) is 2.75. The topological polar surface area (TPSA) is 64.6 Å². The molecule has 0 aliphatic rings. The number of amides is 1. The van der Waals surface area contributed by atoms with E-state index in [9.17, 15) is 14.0 Å². The van der Waals surface area contributed by atoms with Crippen molar-refractivity contribution in [2.24, 2.45) is 0 Å². The van der Waals surface area contributed by atoms with Crippen molar-refractivity contribution >= 4 is 20.2 Å². The van der Waals surface area contributed by atoms with Gasteiger partial charge in [-0.1, -0.05) is 32.9 Å². The SMILES string of the molecule is COC(=O)[C@@H](CCO[Si](C)(C)C(C)(C)C)NC(=O)Cc1ccc(F)cc1. The van der Waals surface area contributed by atoms with E-state index < -0.39 is 20.3 Å². The smallest absolute Gasteiger partial charge is 0.328 e. The van der Waals surface area contributed by atoms with Crippen LogP contribution in [0.2, 0.25) is 18.1 Å². The standard InChI is InChI=1S/C19H30FNO4Si/c1-19(2,3)26(5,6)25-12-11-16(18(23)24-4)21-17(22)13-14-7-9-15(20)10-8-14/h7-10,16H,11-13H2,1-6H3,(H,21,22)/t16-/m1/s1. The van der Waals surface area contributed by atoms with Crippen molar-refractivity contribution in [2.45, 2.75) is 57.8 Å². The van der Waals surface area contributed by atoms with E-state index in [2.05, 4.69) is 39.2 Å². The average Bonchev–Trinajstić information content (AvgIpc) is 2.54. The van der Waals surface area contributed by atoms with Gasteiger partial charge in [0.05, 0.1) is 13.5 Å². The number of rotatable bonds is 8. The third kappa shape index (κ3) is 6.88. The van der Waals surface area contributed by atoms with Gasteiger partial charge < -0.3 is 14.5 Å². The Hall–Kier alpha value is -1.73. The Balaban J connectivity index is 2.62. The highest BCUT2D eigenvalue weighted by Crippen LogP contribution is 2.36. The Morgan fingerprint density at radius 2 is 1.77 bits per heavy atom. The molecule has 0 saturated carbocycles. The number of esters is 1. The molecule has 1 aromatic rings. The van der Waals surface area contributed by atoms with Crippen LogP contribution in [-0.2, 0) is 25.2 Å². The zero-order chi connectivity index (χ0) is 20.0. The highest BCUT2D eigenvalue weighted by Gasteiger charge is 2.37. The van der Waals surface area contributed by atoms with E-state index >= 15 is 0 Å². The molecule has 0 aromatic heterocycles. The minimum absolute atomic E-state index is 0.0663. The molecular formula is C19H30FNO4Si. The molecule has 1 rings (SSSR count). The van der Waals surface area contributed by atoms with Gasteiger partial charge in [0, 0.05) is 13.0 Å². The summed E-state index contributed by atoms with van der Waals surface area (Å²) in [6, 6.07) is 4.92. The van der Waals surface area contributed by atoms with E-state index in [4.69, 9.17) is 9.16 Å². The minimum Gasteiger partial charge on any atom is -0.467 e. The number of carbonyl (C=O) groups is 2. The molecule has 146 valence electrons. The van der Waals surface area contributed by atoms with E-state index in [0.29, 0.717) is 18.6 Å². The van der Waals surface area contributed by atoms with Crippen molar-refractivity contribution in [1.29, 1.82) is 0 Å². The molecule has 1 amide bonds. The zero-order valence-corrected chi connectivity index (χ0v) is 17.5. The Morgan fingerprint density at radius 1 is 1.19 bits per heavy atom. The fourth-order valence-corrected chi connectivity index (χ4v) is 3.13. The first kappa shape index (κ1) is 22.3. The maximum Gasteiger partial charge on any atom is 0.328 e. The maximum atomic E-state index is 12.9. The van der Waals surface area contributed by atoms with Gasteiger partial charge in [-0.15, -0.1) is 0 Å². The monoisotopic (exact) mass is 383 g/mol. The van der Waals surface area contributed by atoms with Crippen LogP contribution in [0.1, 0.15) is 32.8 Å². The molecule has 0 aliphatic carbocycles. The largest absolute Gasteiger partial charge is 0.467 e.